The van der Waals surface area contributed by atoms with Crippen molar-refractivity contribution in [1.82, 2.24) is 5.32 Å². The zero-order valence-electron chi connectivity index (χ0n) is 15.4. The van der Waals surface area contributed by atoms with Crippen molar-refractivity contribution in [2.24, 2.45) is 0 Å². The summed E-state index contributed by atoms with van der Waals surface area (Å²) in [5.41, 5.74) is 2.05. The van der Waals surface area contributed by atoms with Gasteiger partial charge < -0.3 is 16.0 Å². The van der Waals surface area contributed by atoms with Gasteiger partial charge in [-0.15, -0.1) is 0 Å². The Hall–Kier alpha value is -3.42. The molecule has 2 amide bonds. The Morgan fingerprint density at radius 1 is 1.11 bits per heavy atom. The van der Waals surface area contributed by atoms with Gasteiger partial charge in [0.05, 0.1) is 17.0 Å². The summed E-state index contributed by atoms with van der Waals surface area (Å²) in [6.07, 6.45) is 0. The van der Waals surface area contributed by atoms with Crippen molar-refractivity contribution in [2.45, 2.75) is 26.8 Å². The molecule has 0 saturated heterocycles. The second-order valence-electron chi connectivity index (χ2n) is 6.33. The molecular formula is C19H22N4O4. The Bertz CT molecular complexity index is 865. The molecule has 0 fully saturated rings. The second kappa shape index (κ2) is 8.79. The standard InChI is InChI=1S/C19H22N4O4/c1-12(2)21-19(25)15-6-4-5-7-17(15)20-11-18(24)22-16-9-8-14(23(26)27)10-13(16)3/h4-10,12,20H,11H2,1-3H3,(H,21,25)(H,22,24). The monoisotopic (exact) mass is 370 g/mol. The summed E-state index contributed by atoms with van der Waals surface area (Å²) in [6, 6.07) is 11.1. The first kappa shape index (κ1) is 19.9. The quantitative estimate of drug-likeness (QED) is 0.512. The lowest BCUT2D eigenvalue weighted by molar-refractivity contribution is -0.384. The number of non-ortho nitro benzene ring substituents is 1. The topological polar surface area (TPSA) is 113 Å². The normalized spacial score (nSPS) is 10.4. The molecule has 0 saturated carbocycles. The number of nitro benzene ring substituents is 1. The molecule has 8 heteroatoms. The van der Waals surface area contributed by atoms with Crippen molar-refractivity contribution in [3.8, 4) is 0 Å². The smallest absolute Gasteiger partial charge is 0.269 e. The third kappa shape index (κ3) is 5.53. The van der Waals surface area contributed by atoms with Crippen molar-refractivity contribution in [2.75, 3.05) is 17.2 Å². The summed E-state index contributed by atoms with van der Waals surface area (Å²) in [5, 5.41) is 19.2. The van der Waals surface area contributed by atoms with Crippen molar-refractivity contribution >= 4 is 28.9 Å². The maximum atomic E-state index is 12.2. The minimum absolute atomic E-state index is 0.000956. The molecule has 0 radical (unpaired) electrons. The van der Waals surface area contributed by atoms with Crippen LogP contribution in [-0.4, -0.2) is 29.3 Å². The summed E-state index contributed by atoms with van der Waals surface area (Å²) in [7, 11) is 0. The summed E-state index contributed by atoms with van der Waals surface area (Å²) in [6.45, 7) is 5.37. The third-order valence-corrected chi connectivity index (χ3v) is 3.73. The molecule has 0 aliphatic carbocycles. The summed E-state index contributed by atoms with van der Waals surface area (Å²) in [4.78, 5) is 34.7. The summed E-state index contributed by atoms with van der Waals surface area (Å²) >= 11 is 0. The number of carbonyl (C=O) groups is 2. The molecule has 0 heterocycles. The van der Waals surface area contributed by atoms with Gasteiger partial charge in [0, 0.05) is 29.5 Å². The third-order valence-electron chi connectivity index (χ3n) is 3.73. The predicted octanol–water partition coefficient (Wildman–Crippen LogP) is 3.09. The van der Waals surface area contributed by atoms with Crippen LogP contribution in [0.15, 0.2) is 42.5 Å². The van der Waals surface area contributed by atoms with Crippen molar-refractivity contribution < 1.29 is 14.5 Å². The fraction of sp³-hybridized carbons (Fsp3) is 0.263. The molecule has 0 atom stereocenters. The summed E-state index contributed by atoms with van der Waals surface area (Å²) in [5.74, 6) is -0.550. The van der Waals surface area contributed by atoms with E-state index in [-0.39, 0.29) is 30.1 Å². The van der Waals surface area contributed by atoms with Gasteiger partial charge in [-0.2, -0.15) is 0 Å². The summed E-state index contributed by atoms with van der Waals surface area (Å²) < 4.78 is 0. The Morgan fingerprint density at radius 3 is 2.44 bits per heavy atom. The highest BCUT2D eigenvalue weighted by Crippen LogP contribution is 2.21. The van der Waals surface area contributed by atoms with Crippen molar-refractivity contribution in [3.63, 3.8) is 0 Å². The van der Waals surface area contributed by atoms with Crippen LogP contribution in [0.5, 0.6) is 0 Å². The largest absolute Gasteiger partial charge is 0.376 e. The van der Waals surface area contributed by atoms with Crippen LogP contribution in [0.25, 0.3) is 0 Å². The number of amides is 2. The highest BCUT2D eigenvalue weighted by atomic mass is 16.6. The van der Waals surface area contributed by atoms with Crippen LogP contribution in [0, 0.1) is 17.0 Å². The first-order valence-corrected chi connectivity index (χ1v) is 8.46. The van der Waals surface area contributed by atoms with E-state index < -0.39 is 4.92 Å². The number of rotatable bonds is 7. The maximum absolute atomic E-state index is 12.2. The minimum atomic E-state index is -0.487. The number of nitrogens with one attached hydrogen (secondary N) is 3. The molecule has 0 unspecified atom stereocenters. The highest BCUT2D eigenvalue weighted by molar-refractivity contribution is 6.01. The molecule has 2 aromatic rings. The second-order valence-corrected chi connectivity index (χ2v) is 6.33. The van der Waals surface area contributed by atoms with E-state index in [1.807, 2.05) is 13.8 Å². The Morgan fingerprint density at radius 2 is 1.81 bits per heavy atom. The van der Waals surface area contributed by atoms with E-state index in [9.17, 15) is 19.7 Å². The van der Waals surface area contributed by atoms with Gasteiger partial charge in [-0.05, 0) is 44.5 Å². The van der Waals surface area contributed by atoms with Crippen molar-refractivity contribution in [1.29, 1.82) is 0 Å². The molecule has 142 valence electrons. The van der Waals surface area contributed by atoms with Crippen LogP contribution in [0.4, 0.5) is 17.1 Å². The first-order valence-electron chi connectivity index (χ1n) is 8.46. The average Bonchev–Trinajstić information content (AvgIpc) is 2.61. The fourth-order valence-corrected chi connectivity index (χ4v) is 2.45. The zero-order chi connectivity index (χ0) is 20.0. The van der Waals surface area contributed by atoms with E-state index in [2.05, 4.69) is 16.0 Å². The number of nitrogens with zero attached hydrogens (tertiary/aromatic N) is 1. The molecule has 0 aliphatic heterocycles. The van der Waals surface area contributed by atoms with Gasteiger partial charge in [0.25, 0.3) is 11.6 Å². The van der Waals surface area contributed by atoms with Crippen LogP contribution < -0.4 is 16.0 Å². The molecule has 0 spiro atoms. The zero-order valence-corrected chi connectivity index (χ0v) is 15.4. The highest BCUT2D eigenvalue weighted by Gasteiger charge is 2.13. The van der Waals surface area contributed by atoms with E-state index >= 15 is 0 Å². The van der Waals surface area contributed by atoms with Gasteiger partial charge in [-0.1, -0.05) is 12.1 Å². The number of nitro groups is 1. The number of para-hydroxylation sites is 1. The van der Waals surface area contributed by atoms with Crippen LogP contribution >= 0.6 is 0 Å². The van der Waals surface area contributed by atoms with Crippen LogP contribution in [0.2, 0.25) is 0 Å². The SMILES string of the molecule is Cc1cc([N+](=O)[O-])ccc1NC(=O)CNc1ccccc1C(=O)NC(C)C. The van der Waals surface area contributed by atoms with Gasteiger partial charge in [0.1, 0.15) is 0 Å². The molecule has 2 rings (SSSR count). The van der Waals surface area contributed by atoms with Crippen LogP contribution in [0.1, 0.15) is 29.8 Å². The molecule has 0 aromatic heterocycles. The number of carbonyl (C=O) groups excluding carboxylic acids is 2. The first-order chi connectivity index (χ1) is 12.8. The van der Waals surface area contributed by atoms with Crippen LogP contribution in [0.3, 0.4) is 0 Å². The van der Waals surface area contributed by atoms with Gasteiger partial charge in [-0.3, -0.25) is 19.7 Å². The van der Waals surface area contributed by atoms with E-state index in [0.717, 1.165) is 0 Å². The Kier molecular flexibility index (Phi) is 6.48. The number of benzene rings is 2. The molecule has 3 N–H and O–H groups in total. The number of hydrogen-bond donors (Lipinski definition) is 3. The Labute approximate surface area is 157 Å². The predicted molar refractivity (Wildman–Crippen MR) is 104 cm³/mol. The van der Waals surface area contributed by atoms with E-state index in [4.69, 9.17) is 0 Å². The average molecular weight is 370 g/mol. The lowest BCUT2D eigenvalue weighted by Gasteiger charge is -2.14. The van der Waals surface area contributed by atoms with Gasteiger partial charge in [0.15, 0.2) is 0 Å². The van der Waals surface area contributed by atoms with Gasteiger partial charge >= 0.3 is 0 Å². The van der Waals surface area contributed by atoms with E-state index in [0.29, 0.717) is 22.5 Å². The molecule has 8 nitrogen and oxygen atoms in total. The molecule has 0 aliphatic rings. The number of hydrogen-bond acceptors (Lipinski definition) is 5. The maximum Gasteiger partial charge on any atom is 0.269 e. The minimum Gasteiger partial charge on any atom is -0.376 e. The number of anilines is 2. The number of aryl methyl sites for hydroxylation is 1. The molecule has 2 aromatic carbocycles. The van der Waals surface area contributed by atoms with Gasteiger partial charge in [0.2, 0.25) is 5.91 Å². The van der Waals surface area contributed by atoms with E-state index in [1.54, 1.807) is 31.2 Å². The molecule has 27 heavy (non-hydrogen) atoms. The molecular weight excluding hydrogens is 348 g/mol. The fourth-order valence-electron chi connectivity index (χ4n) is 2.45. The lowest BCUT2D eigenvalue weighted by Crippen LogP contribution is -2.31. The molecule has 0 bridgehead atoms. The Balaban J connectivity index is 2.02. The van der Waals surface area contributed by atoms with E-state index in [1.165, 1.54) is 18.2 Å². The van der Waals surface area contributed by atoms with Crippen LogP contribution in [-0.2, 0) is 4.79 Å². The van der Waals surface area contributed by atoms with Gasteiger partial charge in [-0.25, -0.2) is 0 Å². The van der Waals surface area contributed by atoms with Crippen molar-refractivity contribution in [3.05, 3.63) is 63.7 Å². The lowest BCUT2D eigenvalue weighted by atomic mass is 10.1.